The summed E-state index contributed by atoms with van der Waals surface area (Å²) in [6.07, 6.45) is 4.85. The van der Waals surface area contributed by atoms with Crippen molar-refractivity contribution < 1.29 is 13.2 Å². The van der Waals surface area contributed by atoms with Crippen molar-refractivity contribution in [2.24, 2.45) is 0 Å². The van der Waals surface area contributed by atoms with Crippen molar-refractivity contribution in [2.75, 3.05) is 18.8 Å². The number of nitrogens with one attached hydrogen (secondary N) is 1. The highest BCUT2D eigenvalue weighted by Gasteiger charge is 2.24. The molecule has 0 unspecified atom stereocenters. The van der Waals surface area contributed by atoms with Crippen LogP contribution >= 0.6 is 0 Å². The van der Waals surface area contributed by atoms with E-state index >= 15 is 0 Å². The molecule has 1 aliphatic rings. The van der Waals surface area contributed by atoms with E-state index in [0.29, 0.717) is 13.0 Å². The molecule has 0 saturated heterocycles. The van der Waals surface area contributed by atoms with Crippen LogP contribution in [0.15, 0.2) is 30.3 Å². The quantitative estimate of drug-likeness (QED) is 0.788. The van der Waals surface area contributed by atoms with E-state index in [0.717, 1.165) is 31.2 Å². The molecule has 1 aromatic carbocycles. The van der Waals surface area contributed by atoms with Gasteiger partial charge in [0.25, 0.3) is 0 Å². The Bertz CT molecular complexity index is 596. The molecule has 0 radical (unpaired) electrons. The summed E-state index contributed by atoms with van der Waals surface area (Å²) in [6, 6.07) is 9.85. The van der Waals surface area contributed by atoms with E-state index in [1.165, 1.54) is 0 Å². The molecule has 1 N–H and O–H groups in total. The third-order valence-corrected chi connectivity index (χ3v) is 5.73. The Hall–Kier alpha value is -1.40. The van der Waals surface area contributed by atoms with Gasteiger partial charge in [-0.1, -0.05) is 43.2 Å². The lowest BCUT2D eigenvalue weighted by molar-refractivity contribution is -0.130. The van der Waals surface area contributed by atoms with Crippen LogP contribution in [0.3, 0.4) is 0 Å². The van der Waals surface area contributed by atoms with E-state index in [-0.39, 0.29) is 24.2 Å². The Morgan fingerprint density at radius 3 is 2.48 bits per heavy atom. The van der Waals surface area contributed by atoms with Crippen LogP contribution in [0.1, 0.15) is 38.2 Å². The zero-order chi connectivity index (χ0) is 16.7. The van der Waals surface area contributed by atoms with Gasteiger partial charge in [-0.15, -0.1) is 0 Å². The SMILES string of the molecule is CC(=O)N(CCNS(=O)(=O)CCc1ccccc1)C1CCCC1. The van der Waals surface area contributed by atoms with Crippen molar-refractivity contribution in [3.05, 3.63) is 35.9 Å². The number of sulfonamides is 1. The minimum Gasteiger partial charge on any atom is -0.339 e. The smallest absolute Gasteiger partial charge is 0.219 e. The summed E-state index contributed by atoms with van der Waals surface area (Å²) in [7, 11) is -3.31. The molecule has 0 aliphatic heterocycles. The highest BCUT2D eigenvalue weighted by Crippen LogP contribution is 2.23. The Morgan fingerprint density at radius 1 is 1.22 bits per heavy atom. The van der Waals surface area contributed by atoms with Crippen LogP contribution in [0.5, 0.6) is 0 Å². The van der Waals surface area contributed by atoms with E-state index in [2.05, 4.69) is 4.72 Å². The first-order chi connectivity index (χ1) is 11.0. The van der Waals surface area contributed by atoms with E-state index in [1.807, 2.05) is 35.2 Å². The Balaban J connectivity index is 1.77. The van der Waals surface area contributed by atoms with Crippen molar-refractivity contribution in [2.45, 2.75) is 45.1 Å². The molecule has 1 aliphatic carbocycles. The lowest BCUT2D eigenvalue weighted by Gasteiger charge is -2.27. The Morgan fingerprint density at radius 2 is 1.87 bits per heavy atom. The third kappa shape index (κ3) is 5.95. The second-order valence-electron chi connectivity index (χ2n) is 6.10. The fourth-order valence-electron chi connectivity index (χ4n) is 3.10. The monoisotopic (exact) mass is 338 g/mol. The van der Waals surface area contributed by atoms with E-state index in [1.54, 1.807) is 6.92 Å². The van der Waals surface area contributed by atoms with Gasteiger partial charge in [0.2, 0.25) is 15.9 Å². The Kier molecular flexibility index (Phi) is 6.59. The van der Waals surface area contributed by atoms with Crippen molar-refractivity contribution in [3.63, 3.8) is 0 Å². The summed E-state index contributed by atoms with van der Waals surface area (Å²) < 4.78 is 26.7. The summed E-state index contributed by atoms with van der Waals surface area (Å²) in [5, 5.41) is 0. The van der Waals surface area contributed by atoms with Crippen molar-refractivity contribution in [3.8, 4) is 0 Å². The van der Waals surface area contributed by atoms with Crippen LogP contribution < -0.4 is 4.72 Å². The lowest BCUT2D eigenvalue weighted by atomic mass is 10.2. The van der Waals surface area contributed by atoms with Gasteiger partial charge in [-0.3, -0.25) is 4.79 Å². The van der Waals surface area contributed by atoms with Gasteiger partial charge in [-0.2, -0.15) is 0 Å². The minimum absolute atomic E-state index is 0.0281. The van der Waals surface area contributed by atoms with Crippen molar-refractivity contribution in [1.82, 2.24) is 9.62 Å². The number of nitrogens with zero attached hydrogens (tertiary/aromatic N) is 1. The molecule has 0 aromatic heterocycles. The second-order valence-corrected chi connectivity index (χ2v) is 8.03. The molecule has 1 aromatic rings. The number of hydrogen-bond acceptors (Lipinski definition) is 3. The van der Waals surface area contributed by atoms with Gasteiger partial charge in [-0.05, 0) is 24.8 Å². The summed E-state index contributed by atoms with van der Waals surface area (Å²) in [5.41, 5.74) is 1.01. The molecule has 0 heterocycles. The van der Waals surface area contributed by atoms with Crippen molar-refractivity contribution >= 4 is 15.9 Å². The number of amides is 1. The molecule has 6 heteroatoms. The predicted molar refractivity (Wildman–Crippen MR) is 91.6 cm³/mol. The first-order valence-electron chi connectivity index (χ1n) is 8.26. The predicted octanol–water partition coefficient (Wildman–Crippen LogP) is 1.94. The van der Waals surface area contributed by atoms with Gasteiger partial charge in [0.15, 0.2) is 0 Å². The molecular formula is C17H26N2O3S. The largest absolute Gasteiger partial charge is 0.339 e. The number of benzene rings is 1. The first kappa shape index (κ1) is 17.9. The molecule has 0 spiro atoms. The first-order valence-corrected chi connectivity index (χ1v) is 9.91. The maximum Gasteiger partial charge on any atom is 0.219 e. The number of carbonyl (C=O) groups excluding carboxylic acids is 1. The molecular weight excluding hydrogens is 312 g/mol. The molecule has 0 bridgehead atoms. The second kappa shape index (κ2) is 8.45. The summed E-state index contributed by atoms with van der Waals surface area (Å²) in [5.74, 6) is 0.0981. The summed E-state index contributed by atoms with van der Waals surface area (Å²) in [6.45, 7) is 2.29. The van der Waals surface area contributed by atoms with Crippen molar-refractivity contribution in [1.29, 1.82) is 0 Å². The van der Waals surface area contributed by atoms with Crippen LogP contribution in [0, 0.1) is 0 Å². The minimum atomic E-state index is -3.31. The lowest BCUT2D eigenvalue weighted by Crippen LogP contribution is -2.43. The molecule has 23 heavy (non-hydrogen) atoms. The third-order valence-electron chi connectivity index (χ3n) is 4.35. The fraction of sp³-hybridized carbons (Fsp3) is 0.588. The highest BCUT2D eigenvalue weighted by atomic mass is 32.2. The molecule has 1 fully saturated rings. The maximum absolute atomic E-state index is 12.1. The molecule has 5 nitrogen and oxygen atoms in total. The highest BCUT2D eigenvalue weighted by molar-refractivity contribution is 7.89. The van der Waals surface area contributed by atoms with Crippen LogP contribution in [-0.2, 0) is 21.2 Å². The molecule has 2 rings (SSSR count). The molecule has 128 valence electrons. The zero-order valence-electron chi connectivity index (χ0n) is 13.7. The van der Waals surface area contributed by atoms with Gasteiger partial charge >= 0.3 is 0 Å². The summed E-state index contributed by atoms with van der Waals surface area (Å²) >= 11 is 0. The van der Waals surface area contributed by atoms with Gasteiger partial charge in [0.05, 0.1) is 5.75 Å². The standard InChI is InChI=1S/C17H26N2O3S/c1-15(20)19(17-9-5-6-10-17)13-12-18-23(21,22)14-11-16-7-3-2-4-8-16/h2-4,7-8,17-18H,5-6,9-14H2,1H3. The number of aryl methyl sites for hydroxylation is 1. The topological polar surface area (TPSA) is 66.5 Å². The molecule has 1 amide bonds. The average Bonchev–Trinajstić information content (AvgIpc) is 3.04. The van der Waals surface area contributed by atoms with E-state index in [9.17, 15) is 13.2 Å². The van der Waals surface area contributed by atoms with Crippen LogP contribution in [0.4, 0.5) is 0 Å². The normalized spacial score (nSPS) is 15.7. The van der Waals surface area contributed by atoms with Crippen LogP contribution in [0.2, 0.25) is 0 Å². The van der Waals surface area contributed by atoms with Gasteiger partial charge < -0.3 is 4.90 Å². The van der Waals surface area contributed by atoms with E-state index in [4.69, 9.17) is 0 Å². The number of carbonyl (C=O) groups is 1. The average molecular weight is 338 g/mol. The molecule has 1 saturated carbocycles. The summed E-state index contributed by atoms with van der Waals surface area (Å²) in [4.78, 5) is 13.6. The zero-order valence-corrected chi connectivity index (χ0v) is 14.5. The maximum atomic E-state index is 12.1. The van der Waals surface area contributed by atoms with E-state index < -0.39 is 10.0 Å². The van der Waals surface area contributed by atoms with Gasteiger partial charge in [0.1, 0.15) is 0 Å². The number of hydrogen-bond donors (Lipinski definition) is 1. The Labute approximate surface area is 139 Å². The van der Waals surface area contributed by atoms with Gasteiger partial charge in [-0.25, -0.2) is 13.1 Å². The number of rotatable bonds is 8. The van der Waals surface area contributed by atoms with Crippen LogP contribution in [0.25, 0.3) is 0 Å². The molecule has 0 atom stereocenters. The van der Waals surface area contributed by atoms with Gasteiger partial charge in [0, 0.05) is 26.1 Å². The fourth-order valence-corrected chi connectivity index (χ4v) is 4.15. The van der Waals surface area contributed by atoms with Crippen LogP contribution in [-0.4, -0.2) is 44.1 Å².